The summed E-state index contributed by atoms with van der Waals surface area (Å²) in [7, 11) is 0. The lowest BCUT2D eigenvalue weighted by Crippen LogP contribution is -2.41. The zero-order chi connectivity index (χ0) is 14.3. The molecule has 0 saturated heterocycles. The molecule has 19 heavy (non-hydrogen) atoms. The summed E-state index contributed by atoms with van der Waals surface area (Å²) in [6.45, 7) is 0.898. The van der Waals surface area contributed by atoms with Gasteiger partial charge in [-0.25, -0.2) is 0 Å². The first-order chi connectivity index (χ1) is 8.75. The summed E-state index contributed by atoms with van der Waals surface area (Å²) in [5.74, 6) is -6.68. The van der Waals surface area contributed by atoms with Gasteiger partial charge in [0.15, 0.2) is 0 Å². The Kier molecular flexibility index (Phi) is 3.24. The molecule has 2 rings (SSSR count). The van der Waals surface area contributed by atoms with E-state index in [1.54, 1.807) is 30.3 Å². The minimum atomic E-state index is -5.55. The molecule has 0 spiro atoms. The molecule has 0 nitrogen and oxygen atoms in total. The van der Waals surface area contributed by atoms with Crippen LogP contribution in [0.1, 0.15) is 18.4 Å². The third kappa shape index (κ3) is 2.29. The summed E-state index contributed by atoms with van der Waals surface area (Å²) in [5.41, 5.74) is 0.000394. The Morgan fingerprint density at radius 3 is 2.05 bits per heavy atom. The van der Waals surface area contributed by atoms with Crippen molar-refractivity contribution in [3.63, 3.8) is 0 Å². The average Bonchev–Trinajstić information content (AvgIpc) is 2.36. The van der Waals surface area contributed by atoms with Crippen molar-refractivity contribution in [2.75, 3.05) is 0 Å². The molecule has 0 bridgehead atoms. The van der Waals surface area contributed by atoms with Gasteiger partial charge in [-0.2, -0.15) is 22.0 Å². The summed E-state index contributed by atoms with van der Waals surface area (Å²) >= 11 is 0. The second-order valence-electron chi connectivity index (χ2n) is 4.41. The van der Waals surface area contributed by atoms with Crippen LogP contribution >= 0.6 is 0 Å². The van der Waals surface area contributed by atoms with Gasteiger partial charge in [-0.15, -0.1) is 0 Å². The highest BCUT2D eigenvalue weighted by Crippen LogP contribution is 2.46. The van der Waals surface area contributed by atoms with Crippen molar-refractivity contribution in [2.45, 2.75) is 24.9 Å². The minimum Gasteiger partial charge on any atom is -0.196 e. The first kappa shape index (κ1) is 13.8. The fourth-order valence-electron chi connectivity index (χ4n) is 2.07. The van der Waals surface area contributed by atoms with Gasteiger partial charge in [0.2, 0.25) is 0 Å². The molecule has 0 aliphatic rings. The maximum absolute atomic E-state index is 13.4. The molecule has 1 atom stereocenters. The number of alkyl halides is 5. The van der Waals surface area contributed by atoms with E-state index in [4.69, 9.17) is 0 Å². The standard InChI is InChI=1S/C14H11F5/c1-9(13(15,16)14(17,18)19)11-8-4-6-10-5-2-3-7-12(10)11/h2-9H,1H3. The molecule has 2 aromatic rings. The van der Waals surface area contributed by atoms with E-state index >= 15 is 0 Å². The molecule has 0 N–H and O–H groups in total. The van der Waals surface area contributed by atoms with Crippen LogP contribution in [0.4, 0.5) is 22.0 Å². The Hall–Kier alpha value is -1.65. The van der Waals surface area contributed by atoms with Gasteiger partial charge in [0.1, 0.15) is 0 Å². The van der Waals surface area contributed by atoms with Crippen molar-refractivity contribution in [1.82, 2.24) is 0 Å². The van der Waals surface area contributed by atoms with Crippen molar-refractivity contribution < 1.29 is 22.0 Å². The number of rotatable bonds is 2. The molecule has 0 radical (unpaired) electrons. The summed E-state index contributed by atoms with van der Waals surface area (Å²) in [5, 5.41) is 1.06. The van der Waals surface area contributed by atoms with E-state index in [1.165, 1.54) is 12.1 Å². The van der Waals surface area contributed by atoms with Gasteiger partial charge < -0.3 is 0 Å². The van der Waals surface area contributed by atoms with Gasteiger partial charge in [-0.05, 0) is 16.3 Å². The lowest BCUT2D eigenvalue weighted by Gasteiger charge is -2.27. The van der Waals surface area contributed by atoms with E-state index in [2.05, 4.69) is 0 Å². The summed E-state index contributed by atoms with van der Waals surface area (Å²) in [6, 6.07) is 11.0. The lowest BCUT2D eigenvalue weighted by molar-refractivity contribution is -0.289. The number of hydrogen-bond acceptors (Lipinski definition) is 0. The molecular weight excluding hydrogens is 263 g/mol. The van der Waals surface area contributed by atoms with Crippen LogP contribution in [0.15, 0.2) is 42.5 Å². The van der Waals surface area contributed by atoms with Crippen LogP contribution in [0.2, 0.25) is 0 Å². The fourth-order valence-corrected chi connectivity index (χ4v) is 2.07. The van der Waals surface area contributed by atoms with E-state index in [9.17, 15) is 22.0 Å². The van der Waals surface area contributed by atoms with Gasteiger partial charge in [-0.3, -0.25) is 0 Å². The van der Waals surface area contributed by atoms with Crippen LogP contribution in [-0.2, 0) is 0 Å². The molecule has 0 aromatic heterocycles. The van der Waals surface area contributed by atoms with E-state index in [0.717, 1.165) is 6.92 Å². The van der Waals surface area contributed by atoms with Crippen LogP contribution < -0.4 is 0 Å². The molecule has 2 aromatic carbocycles. The summed E-state index contributed by atoms with van der Waals surface area (Å²) in [6.07, 6.45) is -5.55. The van der Waals surface area contributed by atoms with Crippen LogP contribution in [-0.4, -0.2) is 12.1 Å². The molecule has 0 saturated carbocycles. The van der Waals surface area contributed by atoms with Crippen molar-refractivity contribution in [3.8, 4) is 0 Å². The molecule has 5 heteroatoms. The molecule has 0 fully saturated rings. The third-order valence-corrected chi connectivity index (χ3v) is 3.21. The van der Waals surface area contributed by atoms with E-state index in [0.29, 0.717) is 10.8 Å². The van der Waals surface area contributed by atoms with Crippen molar-refractivity contribution in [3.05, 3.63) is 48.0 Å². The van der Waals surface area contributed by atoms with Gasteiger partial charge in [0.05, 0.1) is 5.92 Å². The average molecular weight is 274 g/mol. The van der Waals surface area contributed by atoms with Crippen LogP contribution in [0.5, 0.6) is 0 Å². The first-order valence-corrected chi connectivity index (χ1v) is 5.67. The molecule has 102 valence electrons. The highest BCUT2D eigenvalue weighted by atomic mass is 19.4. The van der Waals surface area contributed by atoms with Gasteiger partial charge in [0, 0.05) is 0 Å². The van der Waals surface area contributed by atoms with E-state index in [1.807, 2.05) is 0 Å². The van der Waals surface area contributed by atoms with Gasteiger partial charge in [0.25, 0.3) is 0 Å². The zero-order valence-electron chi connectivity index (χ0n) is 10.0. The maximum Gasteiger partial charge on any atom is 0.453 e. The van der Waals surface area contributed by atoms with Crippen LogP contribution in [0.25, 0.3) is 10.8 Å². The van der Waals surface area contributed by atoms with E-state index in [-0.39, 0.29) is 5.56 Å². The molecular formula is C14H11F5. The van der Waals surface area contributed by atoms with Crippen molar-refractivity contribution in [1.29, 1.82) is 0 Å². The van der Waals surface area contributed by atoms with Crippen molar-refractivity contribution in [2.24, 2.45) is 0 Å². The Morgan fingerprint density at radius 2 is 1.42 bits per heavy atom. The number of hydrogen-bond donors (Lipinski definition) is 0. The summed E-state index contributed by atoms with van der Waals surface area (Å²) < 4.78 is 64.1. The highest BCUT2D eigenvalue weighted by molar-refractivity contribution is 5.86. The summed E-state index contributed by atoms with van der Waals surface area (Å²) in [4.78, 5) is 0. The second-order valence-corrected chi connectivity index (χ2v) is 4.41. The lowest BCUT2D eigenvalue weighted by atomic mass is 9.90. The Bertz CT molecular complexity index is 580. The number of benzene rings is 2. The Balaban J connectivity index is 2.56. The topological polar surface area (TPSA) is 0 Å². The van der Waals surface area contributed by atoms with E-state index < -0.39 is 18.0 Å². The van der Waals surface area contributed by atoms with Crippen LogP contribution in [0, 0.1) is 0 Å². The quantitative estimate of drug-likeness (QED) is 0.665. The monoisotopic (exact) mass is 274 g/mol. The van der Waals surface area contributed by atoms with Gasteiger partial charge >= 0.3 is 12.1 Å². The predicted octanol–water partition coefficient (Wildman–Crippen LogP) is 5.14. The minimum absolute atomic E-state index is 0.000394. The molecule has 1 unspecified atom stereocenters. The smallest absolute Gasteiger partial charge is 0.196 e. The number of halogens is 5. The second kappa shape index (κ2) is 4.47. The SMILES string of the molecule is CC(c1cccc2ccccc12)C(F)(F)C(F)(F)F. The Morgan fingerprint density at radius 1 is 0.842 bits per heavy atom. The molecule has 0 aliphatic carbocycles. The Labute approximate surface area is 106 Å². The molecule has 0 aliphatic heterocycles. The number of fused-ring (bicyclic) bond motifs is 1. The molecule has 0 amide bonds. The molecule has 0 heterocycles. The van der Waals surface area contributed by atoms with Crippen LogP contribution in [0.3, 0.4) is 0 Å². The maximum atomic E-state index is 13.4. The third-order valence-electron chi connectivity index (χ3n) is 3.21. The van der Waals surface area contributed by atoms with Gasteiger partial charge in [-0.1, -0.05) is 49.4 Å². The zero-order valence-corrected chi connectivity index (χ0v) is 10.0. The first-order valence-electron chi connectivity index (χ1n) is 5.67. The normalized spacial score (nSPS) is 14.6. The predicted molar refractivity (Wildman–Crippen MR) is 63.4 cm³/mol. The van der Waals surface area contributed by atoms with Crippen molar-refractivity contribution >= 4 is 10.8 Å². The fraction of sp³-hybridized carbons (Fsp3) is 0.286. The largest absolute Gasteiger partial charge is 0.453 e. The highest BCUT2D eigenvalue weighted by Gasteiger charge is 2.61.